The highest BCUT2D eigenvalue weighted by Crippen LogP contribution is 2.34. The summed E-state index contributed by atoms with van der Waals surface area (Å²) in [6.45, 7) is 3.55. The van der Waals surface area contributed by atoms with Crippen LogP contribution in [0.3, 0.4) is 0 Å². The number of nitrogens with zero attached hydrogens (tertiary/aromatic N) is 2. The predicted molar refractivity (Wildman–Crippen MR) is 104 cm³/mol. The van der Waals surface area contributed by atoms with Gasteiger partial charge in [0.2, 0.25) is 0 Å². The number of nitrogens with one attached hydrogen (secondary N) is 1. The number of amides is 1. The van der Waals surface area contributed by atoms with Crippen molar-refractivity contribution in [3.05, 3.63) is 59.3 Å². The minimum absolute atomic E-state index is 0.0562. The number of benzene rings is 1. The molecule has 2 aromatic rings. The Kier molecular flexibility index (Phi) is 6.49. The van der Waals surface area contributed by atoms with Crippen LogP contribution in [0.25, 0.3) is 0 Å². The fraction of sp³-hybridized carbons (Fsp3) is 0.400. The van der Waals surface area contributed by atoms with Crippen LogP contribution in [0.1, 0.15) is 28.4 Å². The largest absolute Gasteiger partial charge is 0.424 e. The zero-order valence-electron chi connectivity index (χ0n) is 15.6. The van der Waals surface area contributed by atoms with Crippen LogP contribution in [0.5, 0.6) is 0 Å². The van der Waals surface area contributed by atoms with Crippen molar-refractivity contribution in [2.45, 2.75) is 18.9 Å². The van der Waals surface area contributed by atoms with Gasteiger partial charge in [-0.25, -0.2) is 4.98 Å². The van der Waals surface area contributed by atoms with E-state index in [1.54, 1.807) is 27.6 Å². The molecule has 0 atom stereocenters. The second kappa shape index (κ2) is 8.86. The van der Waals surface area contributed by atoms with E-state index in [-0.39, 0.29) is 11.7 Å². The molecule has 8 heteroatoms. The Bertz CT molecular complexity index is 820. The van der Waals surface area contributed by atoms with E-state index in [9.17, 15) is 18.0 Å². The van der Waals surface area contributed by atoms with E-state index in [1.165, 1.54) is 12.3 Å². The maximum Gasteiger partial charge on any atom is 0.424 e. The number of aromatic nitrogens is 1. The van der Waals surface area contributed by atoms with Gasteiger partial charge in [0.05, 0.1) is 19.3 Å². The summed E-state index contributed by atoms with van der Waals surface area (Å²) >= 11 is 1.79. The zero-order chi connectivity index (χ0) is 20.1. The molecule has 1 aromatic carbocycles. The number of alkyl halides is 3. The Labute approximate surface area is 166 Å². The van der Waals surface area contributed by atoms with Gasteiger partial charge in [0.25, 0.3) is 11.7 Å². The number of carbonyl (C=O) groups excluding carboxylic acids is 1. The normalized spacial score (nSPS) is 15.0. The monoisotopic (exact) mass is 410 g/mol. The molecule has 1 aliphatic rings. The van der Waals surface area contributed by atoms with Gasteiger partial charge in [0, 0.05) is 11.3 Å². The number of hydrogen-bond acceptors (Lipinski definition) is 3. The van der Waals surface area contributed by atoms with E-state index in [0.29, 0.717) is 31.7 Å². The van der Waals surface area contributed by atoms with Crippen LogP contribution in [-0.2, 0) is 11.9 Å². The second-order valence-corrected chi connectivity index (χ2v) is 7.82. The van der Waals surface area contributed by atoms with Gasteiger partial charge >= 0.3 is 6.18 Å². The third-order valence-corrected chi connectivity index (χ3v) is 5.62. The summed E-state index contributed by atoms with van der Waals surface area (Å²) in [5.41, 5.74) is 1.05. The lowest BCUT2D eigenvalue weighted by atomic mass is 10.1. The standard InChI is InChI=1S/C20H22F3N3OS/c1-2-28-14-15-5-3-6-16(13-15)19(27)26-11-9-25(10-12-26)18-17(20(21,22)23)7-4-8-24-18/h3-8,13H,2,9-12,14H2,1H3/p+1. The maximum absolute atomic E-state index is 13.2. The molecule has 28 heavy (non-hydrogen) atoms. The van der Waals surface area contributed by atoms with Crippen LogP contribution >= 0.6 is 11.8 Å². The van der Waals surface area contributed by atoms with Gasteiger partial charge in [0.1, 0.15) is 18.7 Å². The molecule has 4 nitrogen and oxygen atoms in total. The van der Waals surface area contributed by atoms with Crippen molar-refractivity contribution in [3.63, 3.8) is 0 Å². The minimum atomic E-state index is -4.42. The predicted octanol–water partition coefficient (Wildman–Crippen LogP) is 3.74. The van der Waals surface area contributed by atoms with Crippen molar-refractivity contribution in [2.24, 2.45) is 0 Å². The Balaban J connectivity index is 1.67. The van der Waals surface area contributed by atoms with Crippen LogP contribution < -0.4 is 9.88 Å². The fourth-order valence-electron chi connectivity index (χ4n) is 3.25. The molecular formula is C20H23F3N3OS+. The molecule has 1 saturated heterocycles. The maximum atomic E-state index is 13.2. The molecule has 0 bridgehead atoms. The van der Waals surface area contributed by atoms with Crippen molar-refractivity contribution in [3.8, 4) is 0 Å². The van der Waals surface area contributed by atoms with Crippen molar-refractivity contribution >= 4 is 23.5 Å². The van der Waals surface area contributed by atoms with Gasteiger partial charge < -0.3 is 4.90 Å². The first-order chi connectivity index (χ1) is 13.4. The van der Waals surface area contributed by atoms with Crippen LogP contribution in [0, 0.1) is 0 Å². The van der Waals surface area contributed by atoms with E-state index in [0.717, 1.165) is 23.1 Å². The number of pyridine rings is 1. The fourth-order valence-corrected chi connectivity index (χ4v) is 3.87. The molecule has 2 heterocycles. The molecule has 0 spiro atoms. The lowest BCUT2D eigenvalue weighted by molar-refractivity contribution is -0.367. The third kappa shape index (κ3) is 4.79. The number of hydrogen-bond donors (Lipinski definition) is 0. The van der Waals surface area contributed by atoms with E-state index in [1.807, 2.05) is 18.2 Å². The van der Waals surface area contributed by atoms with E-state index in [4.69, 9.17) is 0 Å². The SMILES string of the molecule is CCSCc1cccc(C(=O)N2CCN(c3[nH+]cccc3C(F)(F)F)CC2)c1. The molecule has 3 rings (SSSR count). The minimum Gasteiger partial charge on any atom is -0.331 e. The van der Waals surface area contributed by atoms with Gasteiger partial charge in [-0.05, 0) is 35.6 Å². The highest BCUT2D eigenvalue weighted by molar-refractivity contribution is 7.98. The second-order valence-electron chi connectivity index (χ2n) is 6.55. The number of halogens is 3. The van der Waals surface area contributed by atoms with E-state index in [2.05, 4.69) is 11.9 Å². The number of piperazine rings is 1. The van der Waals surface area contributed by atoms with Gasteiger partial charge in [-0.1, -0.05) is 19.1 Å². The molecule has 0 aliphatic carbocycles. The summed E-state index contributed by atoms with van der Waals surface area (Å²) in [5, 5.41) is 0. The van der Waals surface area contributed by atoms with Gasteiger partial charge in [0.15, 0.2) is 0 Å². The average Bonchev–Trinajstić information content (AvgIpc) is 2.71. The Morgan fingerprint density at radius 1 is 1.14 bits per heavy atom. The molecule has 1 fully saturated rings. The van der Waals surface area contributed by atoms with Gasteiger partial charge in [-0.3, -0.25) is 9.69 Å². The number of anilines is 1. The summed E-state index contributed by atoms with van der Waals surface area (Å²) in [6, 6.07) is 10.00. The van der Waals surface area contributed by atoms with Crippen LogP contribution in [0.15, 0.2) is 42.6 Å². The lowest BCUT2D eigenvalue weighted by Gasteiger charge is -2.31. The van der Waals surface area contributed by atoms with Crippen molar-refractivity contribution in [1.29, 1.82) is 0 Å². The number of H-pyrrole nitrogens is 1. The Morgan fingerprint density at radius 3 is 2.57 bits per heavy atom. The van der Waals surface area contributed by atoms with Crippen molar-refractivity contribution in [1.82, 2.24) is 4.90 Å². The van der Waals surface area contributed by atoms with Crippen molar-refractivity contribution < 1.29 is 22.9 Å². The first-order valence-electron chi connectivity index (χ1n) is 9.19. The molecule has 150 valence electrons. The summed E-state index contributed by atoms with van der Waals surface area (Å²) < 4.78 is 39.7. The first kappa shape index (κ1) is 20.5. The highest BCUT2D eigenvalue weighted by Gasteiger charge is 2.40. The zero-order valence-corrected chi connectivity index (χ0v) is 16.4. The highest BCUT2D eigenvalue weighted by atomic mass is 32.2. The van der Waals surface area contributed by atoms with E-state index >= 15 is 0 Å². The van der Waals surface area contributed by atoms with Crippen LogP contribution in [0.4, 0.5) is 19.0 Å². The third-order valence-electron chi connectivity index (χ3n) is 4.67. The number of aromatic amines is 1. The molecule has 0 unspecified atom stereocenters. The molecule has 1 aliphatic heterocycles. The number of thioether (sulfide) groups is 1. The molecule has 0 saturated carbocycles. The topological polar surface area (TPSA) is 37.7 Å². The molecule has 1 amide bonds. The summed E-state index contributed by atoms with van der Waals surface area (Å²) in [4.78, 5) is 18.9. The summed E-state index contributed by atoms with van der Waals surface area (Å²) in [5.74, 6) is 1.85. The van der Waals surface area contributed by atoms with E-state index < -0.39 is 11.7 Å². The Hall–Kier alpha value is -2.22. The van der Waals surface area contributed by atoms with Crippen molar-refractivity contribution in [2.75, 3.05) is 36.8 Å². The quantitative estimate of drug-likeness (QED) is 0.754. The van der Waals surface area contributed by atoms with Crippen LogP contribution in [0.2, 0.25) is 0 Å². The number of carbonyl (C=O) groups is 1. The molecular weight excluding hydrogens is 387 g/mol. The lowest BCUT2D eigenvalue weighted by Crippen LogP contribution is -2.50. The molecule has 1 aromatic heterocycles. The molecule has 1 N–H and O–H groups in total. The summed E-state index contributed by atoms with van der Waals surface area (Å²) in [6.07, 6.45) is -2.93. The van der Waals surface area contributed by atoms with Crippen LogP contribution in [-0.4, -0.2) is 42.7 Å². The first-order valence-corrected chi connectivity index (χ1v) is 10.3. The van der Waals surface area contributed by atoms with Gasteiger partial charge in [-0.2, -0.15) is 24.9 Å². The van der Waals surface area contributed by atoms with Gasteiger partial charge in [-0.15, -0.1) is 0 Å². The smallest absolute Gasteiger partial charge is 0.331 e. The number of rotatable bonds is 5. The molecule has 0 radical (unpaired) electrons. The average molecular weight is 410 g/mol. The summed E-state index contributed by atoms with van der Waals surface area (Å²) in [7, 11) is 0. The Morgan fingerprint density at radius 2 is 1.89 bits per heavy atom.